The fourth-order valence-corrected chi connectivity index (χ4v) is 4.84. The van der Waals surface area contributed by atoms with Gasteiger partial charge in [-0.1, -0.05) is 43.5 Å². The Labute approximate surface area is 194 Å². The average Bonchev–Trinajstić information content (AvgIpc) is 3.09. The van der Waals surface area contributed by atoms with Crippen molar-refractivity contribution in [1.29, 1.82) is 0 Å². The van der Waals surface area contributed by atoms with Gasteiger partial charge in [-0.05, 0) is 56.5 Å². The lowest BCUT2D eigenvalue weighted by atomic mass is 9.91. The summed E-state index contributed by atoms with van der Waals surface area (Å²) in [4.78, 5) is 28.2. The molecule has 0 bridgehead atoms. The summed E-state index contributed by atoms with van der Waals surface area (Å²) in [6.45, 7) is 3.85. The number of rotatable bonds is 6. The van der Waals surface area contributed by atoms with Crippen LogP contribution in [0.3, 0.4) is 0 Å². The maximum absolute atomic E-state index is 13.3. The van der Waals surface area contributed by atoms with E-state index >= 15 is 0 Å². The smallest absolute Gasteiger partial charge is 0.295 e. The van der Waals surface area contributed by atoms with Gasteiger partial charge >= 0.3 is 0 Å². The number of benzene rings is 2. The third kappa shape index (κ3) is 4.61. The molecule has 1 heterocycles. The fourth-order valence-electron chi connectivity index (χ4n) is 4.84. The van der Waals surface area contributed by atoms with Crippen molar-refractivity contribution in [2.75, 3.05) is 7.11 Å². The molecule has 0 spiro atoms. The largest absolute Gasteiger partial charge is 0.507 e. The van der Waals surface area contributed by atoms with Crippen molar-refractivity contribution in [1.82, 2.24) is 4.90 Å². The normalized spacial score (nSPS) is 21.0. The van der Waals surface area contributed by atoms with E-state index in [0.717, 1.165) is 37.7 Å². The molecule has 2 aromatic carbocycles. The second-order valence-corrected chi connectivity index (χ2v) is 8.97. The van der Waals surface area contributed by atoms with Gasteiger partial charge in [-0.15, -0.1) is 0 Å². The van der Waals surface area contributed by atoms with E-state index in [1.807, 2.05) is 38.1 Å². The van der Waals surface area contributed by atoms with Crippen LogP contribution in [0.2, 0.25) is 0 Å². The molecule has 0 radical (unpaired) electrons. The van der Waals surface area contributed by atoms with Gasteiger partial charge in [0.05, 0.1) is 24.8 Å². The maximum atomic E-state index is 13.3. The number of aliphatic hydroxyl groups excluding tert-OH is 1. The number of ketones is 1. The Morgan fingerprint density at radius 3 is 2.33 bits per heavy atom. The van der Waals surface area contributed by atoms with Crippen molar-refractivity contribution in [3.05, 3.63) is 65.2 Å². The Hall–Kier alpha value is -3.28. The van der Waals surface area contributed by atoms with Crippen molar-refractivity contribution in [3.8, 4) is 11.5 Å². The summed E-state index contributed by atoms with van der Waals surface area (Å²) in [5.74, 6) is -0.0851. The highest BCUT2D eigenvalue weighted by molar-refractivity contribution is 6.46. The number of amides is 1. The predicted octanol–water partition coefficient (Wildman–Crippen LogP) is 5.24. The summed E-state index contributed by atoms with van der Waals surface area (Å²) in [5.41, 5.74) is 1.35. The molecule has 33 heavy (non-hydrogen) atoms. The quantitative estimate of drug-likeness (QED) is 0.371. The van der Waals surface area contributed by atoms with E-state index in [2.05, 4.69) is 0 Å². The number of carbonyl (C=O) groups excluding carboxylic acids is 2. The molecule has 1 aliphatic heterocycles. The van der Waals surface area contributed by atoms with E-state index in [4.69, 9.17) is 9.47 Å². The van der Waals surface area contributed by atoms with Gasteiger partial charge in [-0.2, -0.15) is 0 Å². The van der Waals surface area contributed by atoms with Gasteiger partial charge in [0.25, 0.3) is 11.7 Å². The standard InChI is InChI=1S/C27H31NO5/c1-17(2)33-22-11-7-8-19(16-22)25(29)23-24(18-12-14-21(32-3)15-13-18)28(27(31)26(23)30)20-9-5-4-6-10-20/h7-8,11-17,20,24,29H,4-6,9-10H2,1-3H3/b25-23-. The fraction of sp³-hybridized carbons (Fsp3) is 0.407. The second kappa shape index (κ2) is 9.69. The molecule has 1 saturated heterocycles. The summed E-state index contributed by atoms with van der Waals surface area (Å²) >= 11 is 0. The number of aliphatic hydroxyl groups is 1. The molecule has 2 fully saturated rings. The van der Waals surface area contributed by atoms with Gasteiger partial charge in [0.2, 0.25) is 0 Å². The molecule has 1 aliphatic carbocycles. The molecular weight excluding hydrogens is 418 g/mol. The van der Waals surface area contributed by atoms with Gasteiger partial charge in [-0.3, -0.25) is 9.59 Å². The Morgan fingerprint density at radius 1 is 1.00 bits per heavy atom. The molecular formula is C27H31NO5. The summed E-state index contributed by atoms with van der Waals surface area (Å²) in [7, 11) is 1.59. The van der Waals surface area contributed by atoms with Crippen LogP contribution < -0.4 is 9.47 Å². The minimum atomic E-state index is -0.645. The van der Waals surface area contributed by atoms with Crippen molar-refractivity contribution >= 4 is 17.4 Å². The van der Waals surface area contributed by atoms with Gasteiger partial charge in [0.15, 0.2) is 0 Å². The van der Waals surface area contributed by atoms with Crippen molar-refractivity contribution < 1.29 is 24.2 Å². The van der Waals surface area contributed by atoms with Crippen LogP contribution in [-0.2, 0) is 9.59 Å². The first-order chi connectivity index (χ1) is 15.9. The van der Waals surface area contributed by atoms with Gasteiger partial charge in [0.1, 0.15) is 17.3 Å². The first kappa shape index (κ1) is 22.9. The van der Waals surface area contributed by atoms with Crippen LogP contribution in [0, 0.1) is 0 Å². The molecule has 6 nitrogen and oxygen atoms in total. The first-order valence-electron chi connectivity index (χ1n) is 11.6. The van der Waals surface area contributed by atoms with Crippen molar-refractivity contribution in [2.24, 2.45) is 0 Å². The molecule has 2 aliphatic rings. The Morgan fingerprint density at radius 2 is 1.70 bits per heavy atom. The van der Waals surface area contributed by atoms with E-state index in [-0.39, 0.29) is 23.5 Å². The lowest BCUT2D eigenvalue weighted by molar-refractivity contribution is -0.141. The molecule has 1 N–H and O–H groups in total. The number of likely N-dealkylation sites (tertiary alicyclic amines) is 1. The van der Waals surface area contributed by atoms with Gasteiger partial charge in [-0.25, -0.2) is 0 Å². The highest BCUT2D eigenvalue weighted by Gasteiger charge is 2.48. The summed E-state index contributed by atoms with van der Waals surface area (Å²) in [5, 5.41) is 11.3. The zero-order valence-corrected chi connectivity index (χ0v) is 19.4. The van der Waals surface area contributed by atoms with Crippen molar-refractivity contribution in [2.45, 2.75) is 64.1 Å². The SMILES string of the molecule is COc1ccc(C2/C(=C(/O)c3cccc(OC(C)C)c3)C(=O)C(=O)N2C2CCCCC2)cc1. The van der Waals surface area contributed by atoms with E-state index < -0.39 is 17.7 Å². The zero-order valence-electron chi connectivity index (χ0n) is 19.4. The van der Waals surface area contributed by atoms with Crippen LogP contribution >= 0.6 is 0 Å². The van der Waals surface area contributed by atoms with Crippen molar-refractivity contribution in [3.63, 3.8) is 0 Å². The van der Waals surface area contributed by atoms with Gasteiger partial charge < -0.3 is 19.5 Å². The lowest BCUT2D eigenvalue weighted by Crippen LogP contribution is -2.40. The number of carbonyl (C=O) groups is 2. The van der Waals surface area contributed by atoms with E-state index in [9.17, 15) is 14.7 Å². The Kier molecular flexibility index (Phi) is 6.72. The van der Waals surface area contributed by atoms with Crippen LogP contribution in [0.5, 0.6) is 11.5 Å². The van der Waals surface area contributed by atoms with E-state index in [1.165, 1.54) is 0 Å². The van der Waals surface area contributed by atoms with Crippen LogP contribution in [-0.4, -0.2) is 41.0 Å². The van der Waals surface area contributed by atoms with Crippen LogP contribution in [0.1, 0.15) is 63.1 Å². The highest BCUT2D eigenvalue weighted by atomic mass is 16.5. The summed E-state index contributed by atoms with van der Waals surface area (Å²) < 4.78 is 11.0. The molecule has 1 unspecified atom stereocenters. The molecule has 6 heteroatoms. The minimum absolute atomic E-state index is 0.0248. The molecule has 1 atom stereocenters. The molecule has 0 aromatic heterocycles. The number of hydrogen-bond acceptors (Lipinski definition) is 5. The monoisotopic (exact) mass is 449 g/mol. The van der Waals surface area contributed by atoms with Crippen LogP contribution in [0.25, 0.3) is 5.76 Å². The maximum Gasteiger partial charge on any atom is 0.295 e. The van der Waals surface area contributed by atoms with Crippen LogP contribution in [0.15, 0.2) is 54.1 Å². The zero-order chi connectivity index (χ0) is 23.5. The third-order valence-electron chi connectivity index (χ3n) is 6.36. The van der Waals surface area contributed by atoms with E-state index in [1.54, 1.807) is 36.3 Å². The summed E-state index contributed by atoms with van der Waals surface area (Å²) in [6.07, 6.45) is 4.87. The molecule has 2 aromatic rings. The molecule has 174 valence electrons. The Balaban J connectivity index is 1.83. The van der Waals surface area contributed by atoms with Crippen LogP contribution in [0.4, 0.5) is 0 Å². The third-order valence-corrected chi connectivity index (χ3v) is 6.36. The lowest BCUT2D eigenvalue weighted by Gasteiger charge is -2.35. The number of hydrogen-bond donors (Lipinski definition) is 1. The molecule has 1 amide bonds. The Bertz CT molecular complexity index is 1050. The minimum Gasteiger partial charge on any atom is -0.507 e. The molecule has 1 saturated carbocycles. The second-order valence-electron chi connectivity index (χ2n) is 8.97. The number of nitrogens with zero attached hydrogens (tertiary/aromatic N) is 1. The number of ether oxygens (including phenoxy) is 2. The topological polar surface area (TPSA) is 76.1 Å². The number of methoxy groups -OCH3 is 1. The van der Waals surface area contributed by atoms with Gasteiger partial charge in [0, 0.05) is 11.6 Å². The van der Waals surface area contributed by atoms with E-state index in [0.29, 0.717) is 17.1 Å². The summed E-state index contributed by atoms with van der Waals surface area (Å²) in [6, 6.07) is 13.7. The highest BCUT2D eigenvalue weighted by Crippen LogP contribution is 2.43. The number of Topliss-reactive ketones (excluding diaryl/α,β-unsaturated/α-hetero) is 1. The average molecular weight is 450 g/mol. The first-order valence-corrected chi connectivity index (χ1v) is 11.6. The molecule has 4 rings (SSSR count). The predicted molar refractivity (Wildman–Crippen MR) is 126 cm³/mol.